The van der Waals surface area contributed by atoms with Crippen LogP contribution in [0.5, 0.6) is 0 Å². The summed E-state index contributed by atoms with van der Waals surface area (Å²) in [5.74, 6) is 0.978. The van der Waals surface area contributed by atoms with Crippen molar-refractivity contribution in [2.45, 2.75) is 20.0 Å². The lowest BCUT2D eigenvalue weighted by molar-refractivity contribution is 0.699. The zero-order valence-corrected chi connectivity index (χ0v) is 7.07. The molecule has 0 fully saturated rings. The number of rotatable bonds is 3. The third kappa shape index (κ3) is 1.98. The third-order valence-electron chi connectivity index (χ3n) is 1.55. The molecule has 0 saturated heterocycles. The van der Waals surface area contributed by atoms with Gasteiger partial charge in [0.15, 0.2) is 5.96 Å². The van der Waals surface area contributed by atoms with E-state index in [4.69, 9.17) is 11.5 Å². The van der Waals surface area contributed by atoms with Crippen LogP contribution in [-0.4, -0.2) is 15.5 Å². The molecule has 1 aromatic rings. The van der Waals surface area contributed by atoms with E-state index in [1.807, 2.05) is 17.7 Å². The van der Waals surface area contributed by atoms with Crippen LogP contribution in [0.3, 0.4) is 0 Å². The fraction of sp³-hybridized carbons (Fsp3) is 0.429. The Balaban J connectivity index is 2.68. The smallest absolute Gasteiger partial charge is 0.186 e. The van der Waals surface area contributed by atoms with E-state index in [1.165, 1.54) is 0 Å². The summed E-state index contributed by atoms with van der Waals surface area (Å²) in [6.07, 6.45) is 3.64. The Labute approximate surface area is 71.1 Å². The van der Waals surface area contributed by atoms with Crippen molar-refractivity contribution in [1.29, 1.82) is 0 Å². The Bertz CT molecular complexity index is 271. The molecule has 1 heterocycles. The van der Waals surface area contributed by atoms with E-state index < -0.39 is 0 Å². The van der Waals surface area contributed by atoms with Gasteiger partial charge in [-0.2, -0.15) is 0 Å². The van der Waals surface area contributed by atoms with Crippen molar-refractivity contribution in [2.75, 3.05) is 0 Å². The van der Waals surface area contributed by atoms with Crippen LogP contribution in [0.4, 0.5) is 0 Å². The van der Waals surface area contributed by atoms with E-state index in [0.29, 0.717) is 6.54 Å². The second kappa shape index (κ2) is 3.75. The van der Waals surface area contributed by atoms with E-state index in [9.17, 15) is 0 Å². The van der Waals surface area contributed by atoms with Gasteiger partial charge in [-0.1, -0.05) is 0 Å². The minimum Gasteiger partial charge on any atom is -0.370 e. The Kier molecular flexibility index (Phi) is 2.68. The average Bonchev–Trinajstić information content (AvgIpc) is 2.47. The molecule has 0 atom stereocenters. The number of aryl methyl sites for hydroxylation is 1. The largest absolute Gasteiger partial charge is 0.370 e. The van der Waals surface area contributed by atoms with E-state index in [-0.39, 0.29) is 5.96 Å². The molecule has 5 heteroatoms. The van der Waals surface area contributed by atoms with E-state index in [2.05, 4.69) is 9.98 Å². The molecule has 12 heavy (non-hydrogen) atoms. The number of guanidine groups is 1. The Hall–Kier alpha value is -1.52. The molecule has 0 aliphatic rings. The fourth-order valence-electron chi connectivity index (χ4n) is 0.942. The maximum absolute atomic E-state index is 5.19. The van der Waals surface area contributed by atoms with Crippen LogP contribution >= 0.6 is 0 Å². The highest BCUT2D eigenvalue weighted by Crippen LogP contribution is 1.98. The van der Waals surface area contributed by atoms with Gasteiger partial charge in [-0.25, -0.2) is 9.98 Å². The predicted molar refractivity (Wildman–Crippen MR) is 47.4 cm³/mol. The van der Waals surface area contributed by atoms with Crippen LogP contribution in [0.25, 0.3) is 0 Å². The van der Waals surface area contributed by atoms with Gasteiger partial charge in [0.1, 0.15) is 12.4 Å². The number of nitrogens with zero attached hydrogens (tertiary/aromatic N) is 3. The first kappa shape index (κ1) is 8.58. The first-order chi connectivity index (χ1) is 5.74. The second-order valence-corrected chi connectivity index (χ2v) is 2.37. The van der Waals surface area contributed by atoms with Gasteiger partial charge in [-0.3, -0.25) is 0 Å². The molecule has 0 aliphatic carbocycles. The highest BCUT2D eigenvalue weighted by Gasteiger charge is 1.98. The summed E-state index contributed by atoms with van der Waals surface area (Å²) in [7, 11) is 0. The number of imidazole rings is 1. The van der Waals surface area contributed by atoms with E-state index in [0.717, 1.165) is 12.4 Å². The summed E-state index contributed by atoms with van der Waals surface area (Å²) in [4.78, 5) is 7.97. The topological polar surface area (TPSA) is 82.2 Å². The Morgan fingerprint density at radius 3 is 3.00 bits per heavy atom. The van der Waals surface area contributed by atoms with E-state index >= 15 is 0 Å². The van der Waals surface area contributed by atoms with Crippen molar-refractivity contribution < 1.29 is 0 Å². The lowest BCUT2D eigenvalue weighted by Gasteiger charge is -2.00. The maximum atomic E-state index is 5.19. The number of aromatic nitrogens is 2. The highest BCUT2D eigenvalue weighted by molar-refractivity contribution is 5.75. The quantitative estimate of drug-likeness (QED) is 0.478. The molecule has 1 rings (SSSR count). The van der Waals surface area contributed by atoms with Crippen LogP contribution in [0.2, 0.25) is 0 Å². The minimum atomic E-state index is 0.0978. The van der Waals surface area contributed by atoms with Crippen molar-refractivity contribution in [3.63, 3.8) is 0 Å². The molecule has 0 aliphatic heterocycles. The Morgan fingerprint density at radius 2 is 2.42 bits per heavy atom. The summed E-state index contributed by atoms with van der Waals surface area (Å²) in [5, 5.41) is 0. The van der Waals surface area contributed by atoms with Crippen molar-refractivity contribution in [3.05, 3.63) is 18.2 Å². The predicted octanol–water partition coefficient (Wildman–Crippen LogP) is -0.324. The molecule has 4 N–H and O–H groups in total. The van der Waals surface area contributed by atoms with Gasteiger partial charge in [0.25, 0.3) is 0 Å². The number of hydrogen-bond donors (Lipinski definition) is 2. The summed E-state index contributed by atoms with van der Waals surface area (Å²) >= 11 is 0. The van der Waals surface area contributed by atoms with Crippen molar-refractivity contribution >= 4 is 5.96 Å². The maximum Gasteiger partial charge on any atom is 0.186 e. The van der Waals surface area contributed by atoms with Gasteiger partial charge in [0, 0.05) is 18.9 Å². The fourth-order valence-corrected chi connectivity index (χ4v) is 0.942. The zero-order chi connectivity index (χ0) is 8.97. The monoisotopic (exact) mass is 167 g/mol. The van der Waals surface area contributed by atoms with Gasteiger partial charge in [0.05, 0.1) is 0 Å². The molecular formula is C7H13N5. The summed E-state index contributed by atoms with van der Waals surface area (Å²) in [6, 6.07) is 0. The van der Waals surface area contributed by atoms with Gasteiger partial charge in [-0.15, -0.1) is 0 Å². The molecule has 0 bridgehead atoms. The first-order valence-electron chi connectivity index (χ1n) is 3.79. The zero-order valence-electron chi connectivity index (χ0n) is 7.07. The molecular weight excluding hydrogens is 154 g/mol. The van der Waals surface area contributed by atoms with Crippen molar-refractivity contribution in [2.24, 2.45) is 16.5 Å². The SMILES string of the molecule is CCn1ccnc1CN=C(N)N. The highest BCUT2D eigenvalue weighted by atomic mass is 15.1. The molecule has 0 amide bonds. The molecule has 0 unspecified atom stereocenters. The molecule has 0 saturated carbocycles. The first-order valence-corrected chi connectivity index (χ1v) is 3.79. The standard InChI is InChI=1S/C7H13N5/c1-2-12-4-3-10-6(12)5-11-7(8)9/h3-4H,2,5H2,1H3,(H4,8,9,11). The second-order valence-electron chi connectivity index (χ2n) is 2.37. The molecule has 0 aromatic carbocycles. The number of aliphatic imine (C=N–C) groups is 1. The lowest BCUT2D eigenvalue weighted by Crippen LogP contribution is -2.23. The van der Waals surface area contributed by atoms with Crippen LogP contribution in [0.1, 0.15) is 12.7 Å². The molecule has 1 aromatic heterocycles. The van der Waals surface area contributed by atoms with E-state index in [1.54, 1.807) is 6.20 Å². The molecule has 5 nitrogen and oxygen atoms in total. The van der Waals surface area contributed by atoms with Crippen molar-refractivity contribution in [1.82, 2.24) is 9.55 Å². The van der Waals surface area contributed by atoms with Gasteiger partial charge in [-0.05, 0) is 6.92 Å². The van der Waals surface area contributed by atoms with Crippen LogP contribution in [-0.2, 0) is 13.1 Å². The van der Waals surface area contributed by atoms with Crippen LogP contribution < -0.4 is 11.5 Å². The minimum absolute atomic E-state index is 0.0978. The van der Waals surface area contributed by atoms with Gasteiger partial charge >= 0.3 is 0 Å². The summed E-state index contributed by atoms with van der Waals surface area (Å²) in [5.41, 5.74) is 10.4. The summed E-state index contributed by atoms with van der Waals surface area (Å²) < 4.78 is 1.99. The normalized spacial score (nSPS) is 9.75. The van der Waals surface area contributed by atoms with Crippen LogP contribution in [0, 0.1) is 0 Å². The number of hydrogen-bond acceptors (Lipinski definition) is 2. The lowest BCUT2D eigenvalue weighted by atomic mass is 10.5. The third-order valence-corrected chi connectivity index (χ3v) is 1.55. The van der Waals surface area contributed by atoms with Gasteiger partial charge < -0.3 is 16.0 Å². The average molecular weight is 167 g/mol. The van der Waals surface area contributed by atoms with Crippen LogP contribution in [0.15, 0.2) is 17.4 Å². The number of nitrogens with two attached hydrogens (primary N) is 2. The Morgan fingerprint density at radius 1 is 1.67 bits per heavy atom. The molecule has 0 spiro atoms. The molecule has 66 valence electrons. The van der Waals surface area contributed by atoms with Crippen molar-refractivity contribution in [3.8, 4) is 0 Å². The van der Waals surface area contributed by atoms with Gasteiger partial charge in [0.2, 0.25) is 0 Å². The molecule has 0 radical (unpaired) electrons. The summed E-state index contributed by atoms with van der Waals surface area (Å²) in [6.45, 7) is 3.37.